The lowest BCUT2D eigenvalue weighted by Gasteiger charge is -2.07. The Labute approximate surface area is 167 Å². The molecule has 0 bridgehead atoms. The van der Waals surface area contributed by atoms with Gasteiger partial charge in [0.2, 0.25) is 11.8 Å². The van der Waals surface area contributed by atoms with Crippen molar-refractivity contribution in [1.82, 2.24) is 5.43 Å². The zero-order valence-electron chi connectivity index (χ0n) is 16.2. The second-order valence-corrected chi connectivity index (χ2v) is 6.04. The number of nitrogens with one attached hydrogen (secondary N) is 2. The molecule has 2 aromatic rings. The molecule has 0 unspecified atom stereocenters. The summed E-state index contributed by atoms with van der Waals surface area (Å²) in [4.78, 5) is 34.0. The van der Waals surface area contributed by atoms with E-state index in [0.29, 0.717) is 29.3 Å². The first-order valence-electron chi connectivity index (χ1n) is 8.99. The number of hydrogen-bond acceptors (Lipinski definition) is 6. The van der Waals surface area contributed by atoms with Crippen LogP contribution in [-0.2, 0) is 9.59 Å². The van der Waals surface area contributed by atoms with E-state index in [1.165, 1.54) is 12.1 Å². The summed E-state index contributed by atoms with van der Waals surface area (Å²) in [6.07, 6.45) is -0.0228. The lowest BCUT2D eigenvalue weighted by Crippen LogP contribution is -2.21. The fourth-order valence-corrected chi connectivity index (χ4v) is 2.34. The van der Waals surface area contributed by atoms with E-state index >= 15 is 0 Å². The largest absolute Gasteiger partial charge is 0.494 e. The smallest absolute Gasteiger partial charge is 0.269 e. The molecule has 0 aliphatic rings. The molecule has 0 spiro atoms. The molecular weight excluding hydrogens is 376 g/mol. The Morgan fingerprint density at radius 1 is 1.03 bits per heavy atom. The Balaban J connectivity index is 1.78. The summed E-state index contributed by atoms with van der Waals surface area (Å²) in [6, 6.07) is 12.8. The predicted octanol–water partition coefficient (Wildman–Crippen LogP) is 3.25. The van der Waals surface area contributed by atoms with Gasteiger partial charge in [0, 0.05) is 30.7 Å². The lowest BCUT2D eigenvalue weighted by atomic mass is 10.1. The third-order valence-corrected chi connectivity index (χ3v) is 3.87. The third-order valence-electron chi connectivity index (χ3n) is 3.87. The minimum absolute atomic E-state index is 0.00510. The number of nitrogens with zero attached hydrogens (tertiary/aromatic N) is 2. The second-order valence-electron chi connectivity index (χ2n) is 6.04. The number of benzene rings is 2. The van der Waals surface area contributed by atoms with E-state index in [1.807, 2.05) is 6.92 Å². The number of carbonyl (C=O) groups excluding carboxylic acids is 2. The van der Waals surface area contributed by atoms with E-state index in [0.717, 1.165) is 0 Å². The highest BCUT2D eigenvalue weighted by atomic mass is 16.6. The van der Waals surface area contributed by atoms with Crippen LogP contribution >= 0.6 is 0 Å². The van der Waals surface area contributed by atoms with Gasteiger partial charge in [-0.05, 0) is 55.8 Å². The summed E-state index contributed by atoms with van der Waals surface area (Å²) in [5.74, 6) is 0.0135. The molecule has 0 fully saturated rings. The standard InChI is InChI=1S/C20H22N4O5/c1-3-29-18-10-6-16(7-11-18)21-19(25)12-13-20(26)23-22-14(2)15-4-8-17(9-5-15)24(27)28/h4-11H,3,12-13H2,1-2H3,(H,21,25)(H,23,26)/b22-14-. The number of nitro benzene ring substituents is 1. The molecule has 0 saturated heterocycles. The first kappa shape index (κ1) is 21.5. The first-order chi connectivity index (χ1) is 13.9. The first-order valence-corrected chi connectivity index (χ1v) is 8.99. The molecule has 29 heavy (non-hydrogen) atoms. The lowest BCUT2D eigenvalue weighted by molar-refractivity contribution is -0.384. The number of nitro groups is 1. The average molecular weight is 398 g/mol. The van der Waals surface area contributed by atoms with Crippen LogP contribution < -0.4 is 15.5 Å². The summed E-state index contributed by atoms with van der Waals surface area (Å²) >= 11 is 0. The highest BCUT2D eigenvalue weighted by Gasteiger charge is 2.09. The normalized spacial score (nSPS) is 10.9. The molecular formula is C20H22N4O5. The fraction of sp³-hybridized carbons (Fsp3) is 0.250. The molecule has 0 radical (unpaired) electrons. The van der Waals surface area contributed by atoms with Crippen molar-refractivity contribution in [2.45, 2.75) is 26.7 Å². The number of anilines is 1. The van der Waals surface area contributed by atoms with Crippen molar-refractivity contribution < 1.29 is 19.2 Å². The zero-order valence-corrected chi connectivity index (χ0v) is 16.2. The minimum Gasteiger partial charge on any atom is -0.494 e. The number of rotatable bonds is 9. The number of carbonyl (C=O) groups is 2. The van der Waals surface area contributed by atoms with E-state index in [2.05, 4.69) is 15.8 Å². The maximum absolute atomic E-state index is 12.0. The van der Waals surface area contributed by atoms with Gasteiger partial charge in [-0.15, -0.1) is 0 Å². The van der Waals surface area contributed by atoms with Gasteiger partial charge < -0.3 is 10.1 Å². The van der Waals surface area contributed by atoms with Crippen LogP contribution in [-0.4, -0.2) is 29.1 Å². The van der Waals surface area contributed by atoms with Gasteiger partial charge in [-0.3, -0.25) is 19.7 Å². The predicted molar refractivity (Wildman–Crippen MR) is 109 cm³/mol. The van der Waals surface area contributed by atoms with Gasteiger partial charge >= 0.3 is 0 Å². The number of amides is 2. The van der Waals surface area contributed by atoms with E-state index in [9.17, 15) is 19.7 Å². The van der Waals surface area contributed by atoms with Crippen molar-refractivity contribution in [3.8, 4) is 5.75 Å². The van der Waals surface area contributed by atoms with Crippen molar-refractivity contribution in [2.24, 2.45) is 5.10 Å². The molecule has 9 nitrogen and oxygen atoms in total. The van der Waals surface area contributed by atoms with Crippen LogP contribution in [0, 0.1) is 10.1 Å². The monoisotopic (exact) mass is 398 g/mol. The molecule has 9 heteroatoms. The Morgan fingerprint density at radius 2 is 1.66 bits per heavy atom. The quantitative estimate of drug-likeness (QED) is 0.381. The Morgan fingerprint density at radius 3 is 2.24 bits per heavy atom. The number of hydrazone groups is 1. The Bertz CT molecular complexity index is 892. The maximum atomic E-state index is 12.0. The molecule has 2 amide bonds. The van der Waals surface area contributed by atoms with Crippen molar-refractivity contribution in [2.75, 3.05) is 11.9 Å². The minimum atomic E-state index is -0.490. The van der Waals surface area contributed by atoms with Gasteiger partial charge in [0.15, 0.2) is 0 Å². The summed E-state index contributed by atoms with van der Waals surface area (Å²) in [7, 11) is 0. The van der Waals surface area contributed by atoms with Crippen LogP contribution in [0.3, 0.4) is 0 Å². The van der Waals surface area contributed by atoms with E-state index in [1.54, 1.807) is 43.3 Å². The van der Waals surface area contributed by atoms with Gasteiger partial charge in [0.05, 0.1) is 17.2 Å². The van der Waals surface area contributed by atoms with E-state index in [4.69, 9.17) is 4.74 Å². The topological polar surface area (TPSA) is 123 Å². The molecule has 0 aliphatic carbocycles. The second kappa shape index (κ2) is 10.5. The summed E-state index contributed by atoms with van der Waals surface area (Å²) in [5.41, 5.74) is 4.11. The molecule has 2 rings (SSSR count). The number of hydrogen-bond donors (Lipinski definition) is 2. The fourth-order valence-electron chi connectivity index (χ4n) is 2.34. The van der Waals surface area contributed by atoms with Gasteiger partial charge in [0.25, 0.3) is 5.69 Å². The van der Waals surface area contributed by atoms with Crippen LogP contribution in [0.15, 0.2) is 53.6 Å². The average Bonchev–Trinajstić information content (AvgIpc) is 2.72. The molecule has 0 aliphatic heterocycles. The van der Waals surface area contributed by atoms with Crippen LogP contribution in [0.2, 0.25) is 0 Å². The summed E-state index contributed by atoms with van der Waals surface area (Å²) in [6.45, 7) is 4.12. The van der Waals surface area contributed by atoms with Gasteiger partial charge in [-0.2, -0.15) is 5.10 Å². The molecule has 2 aromatic carbocycles. The van der Waals surface area contributed by atoms with Crippen molar-refractivity contribution in [3.05, 3.63) is 64.2 Å². The molecule has 0 atom stereocenters. The highest BCUT2D eigenvalue weighted by Crippen LogP contribution is 2.16. The van der Waals surface area contributed by atoms with Crippen LogP contribution in [0.4, 0.5) is 11.4 Å². The van der Waals surface area contributed by atoms with Gasteiger partial charge in [-0.25, -0.2) is 5.43 Å². The molecule has 0 heterocycles. The zero-order chi connectivity index (χ0) is 21.2. The number of ether oxygens (including phenoxy) is 1. The molecule has 0 aromatic heterocycles. The van der Waals surface area contributed by atoms with Crippen LogP contribution in [0.5, 0.6) is 5.75 Å². The Kier molecular flexibility index (Phi) is 7.84. The van der Waals surface area contributed by atoms with Crippen LogP contribution in [0.25, 0.3) is 0 Å². The van der Waals surface area contributed by atoms with Crippen molar-refractivity contribution in [3.63, 3.8) is 0 Å². The van der Waals surface area contributed by atoms with Crippen molar-refractivity contribution >= 4 is 28.9 Å². The number of non-ortho nitro benzene ring substituents is 1. The Hall–Kier alpha value is -3.75. The van der Waals surface area contributed by atoms with Gasteiger partial charge in [0.1, 0.15) is 5.75 Å². The summed E-state index contributed by atoms with van der Waals surface area (Å²) < 4.78 is 5.33. The summed E-state index contributed by atoms with van der Waals surface area (Å²) in [5, 5.41) is 17.3. The molecule has 152 valence electrons. The molecule has 2 N–H and O–H groups in total. The third kappa shape index (κ3) is 7.06. The van der Waals surface area contributed by atoms with E-state index in [-0.39, 0.29) is 24.4 Å². The SMILES string of the molecule is CCOc1ccc(NC(=O)CCC(=O)N/N=C(/C)c2ccc([N+](=O)[O-])cc2)cc1. The highest BCUT2D eigenvalue weighted by molar-refractivity contribution is 5.99. The van der Waals surface area contributed by atoms with Crippen LogP contribution in [0.1, 0.15) is 32.3 Å². The van der Waals surface area contributed by atoms with Crippen molar-refractivity contribution in [1.29, 1.82) is 0 Å². The van der Waals surface area contributed by atoms with E-state index < -0.39 is 10.8 Å². The van der Waals surface area contributed by atoms with Gasteiger partial charge in [-0.1, -0.05) is 0 Å². The molecule has 0 saturated carbocycles. The maximum Gasteiger partial charge on any atom is 0.269 e.